The molecule has 1 aliphatic rings. The topological polar surface area (TPSA) is 64.8 Å². The van der Waals surface area contributed by atoms with Crippen LogP contribution < -0.4 is 15.2 Å². The van der Waals surface area contributed by atoms with Crippen LogP contribution in [0.3, 0.4) is 0 Å². The highest BCUT2D eigenvalue weighted by molar-refractivity contribution is 5.76. The molecule has 1 aromatic rings. The van der Waals surface area contributed by atoms with Crippen LogP contribution in [0.4, 0.5) is 0 Å². The van der Waals surface area contributed by atoms with Crippen LogP contribution in [-0.4, -0.2) is 43.7 Å². The second-order valence-corrected chi connectivity index (χ2v) is 6.47. The van der Waals surface area contributed by atoms with E-state index in [0.29, 0.717) is 13.0 Å². The van der Waals surface area contributed by atoms with E-state index in [1.807, 2.05) is 29.2 Å². The lowest BCUT2D eigenvalue weighted by Gasteiger charge is -2.42. The summed E-state index contributed by atoms with van der Waals surface area (Å²) in [6.07, 6.45) is 1.25. The van der Waals surface area contributed by atoms with Crippen molar-refractivity contribution in [3.05, 3.63) is 24.3 Å². The van der Waals surface area contributed by atoms with Gasteiger partial charge in [0.25, 0.3) is 0 Å². The Kier molecular flexibility index (Phi) is 5.29. The van der Waals surface area contributed by atoms with Gasteiger partial charge in [0.2, 0.25) is 5.91 Å². The lowest BCUT2D eigenvalue weighted by molar-refractivity contribution is -0.135. The molecule has 0 spiro atoms. The summed E-state index contributed by atoms with van der Waals surface area (Å²) in [7, 11) is 1.63. The predicted octanol–water partition coefficient (Wildman–Crippen LogP) is 2.05. The van der Waals surface area contributed by atoms with E-state index < -0.39 is 0 Å². The maximum absolute atomic E-state index is 12.3. The zero-order chi connectivity index (χ0) is 16.2. The normalized spacial score (nSPS) is 20.5. The number of nitrogens with two attached hydrogens (primary N) is 1. The molecule has 0 radical (unpaired) electrons. The van der Waals surface area contributed by atoms with Crippen molar-refractivity contribution >= 4 is 5.91 Å². The molecule has 122 valence electrons. The number of likely N-dealkylation sites (tertiary alicyclic amines) is 1. The number of ether oxygens (including phenoxy) is 2. The van der Waals surface area contributed by atoms with Crippen LogP contribution in [0.2, 0.25) is 0 Å². The lowest BCUT2D eigenvalue weighted by Crippen LogP contribution is -2.54. The van der Waals surface area contributed by atoms with Gasteiger partial charge in [-0.25, -0.2) is 0 Å². The fourth-order valence-electron chi connectivity index (χ4n) is 2.67. The smallest absolute Gasteiger partial charge is 0.226 e. The van der Waals surface area contributed by atoms with Crippen LogP contribution in [-0.2, 0) is 4.79 Å². The molecule has 1 aliphatic heterocycles. The van der Waals surface area contributed by atoms with Crippen molar-refractivity contribution in [3.8, 4) is 11.5 Å². The molecule has 1 saturated heterocycles. The summed E-state index contributed by atoms with van der Waals surface area (Å²) in [5.41, 5.74) is 6.08. The third-order valence-electron chi connectivity index (χ3n) is 4.31. The standard InChI is InChI=1S/C17H26N2O3/c1-17(2)12-19(10-8-15(17)18)16(20)9-11-22-14-6-4-13(21-3)5-7-14/h4-7,15H,8-12,18H2,1-3H3. The fourth-order valence-corrected chi connectivity index (χ4v) is 2.67. The first-order chi connectivity index (χ1) is 10.4. The molecule has 0 aromatic heterocycles. The van der Waals surface area contributed by atoms with Gasteiger partial charge < -0.3 is 20.1 Å². The molecule has 0 bridgehead atoms. The molecular formula is C17H26N2O3. The van der Waals surface area contributed by atoms with E-state index >= 15 is 0 Å². The van der Waals surface area contributed by atoms with Crippen molar-refractivity contribution in [2.75, 3.05) is 26.8 Å². The average Bonchev–Trinajstić information content (AvgIpc) is 2.50. The minimum absolute atomic E-state index is 0.0231. The van der Waals surface area contributed by atoms with Crippen molar-refractivity contribution < 1.29 is 14.3 Å². The molecule has 22 heavy (non-hydrogen) atoms. The number of carbonyl (C=O) groups is 1. The number of hydrogen-bond acceptors (Lipinski definition) is 4. The molecule has 2 N–H and O–H groups in total. The van der Waals surface area contributed by atoms with E-state index in [-0.39, 0.29) is 17.4 Å². The van der Waals surface area contributed by atoms with E-state index in [4.69, 9.17) is 15.2 Å². The summed E-state index contributed by atoms with van der Waals surface area (Å²) in [6, 6.07) is 7.52. The third-order valence-corrected chi connectivity index (χ3v) is 4.31. The minimum atomic E-state index is -0.0231. The molecule has 0 aliphatic carbocycles. The Morgan fingerprint density at radius 1 is 1.32 bits per heavy atom. The molecular weight excluding hydrogens is 280 g/mol. The lowest BCUT2D eigenvalue weighted by atomic mass is 9.79. The van der Waals surface area contributed by atoms with Crippen LogP contribution in [0.1, 0.15) is 26.7 Å². The quantitative estimate of drug-likeness (QED) is 0.904. The molecule has 2 rings (SSSR count). The van der Waals surface area contributed by atoms with Gasteiger partial charge in [0.1, 0.15) is 11.5 Å². The second-order valence-electron chi connectivity index (χ2n) is 6.47. The molecule has 1 aromatic carbocycles. The average molecular weight is 306 g/mol. The van der Waals surface area contributed by atoms with Gasteiger partial charge in [-0.15, -0.1) is 0 Å². The van der Waals surface area contributed by atoms with Gasteiger partial charge in [-0.2, -0.15) is 0 Å². The van der Waals surface area contributed by atoms with E-state index in [1.165, 1.54) is 0 Å². The molecule has 1 atom stereocenters. The van der Waals surface area contributed by atoms with Gasteiger partial charge >= 0.3 is 0 Å². The number of rotatable bonds is 5. The zero-order valence-electron chi connectivity index (χ0n) is 13.7. The molecule has 0 saturated carbocycles. The molecule has 1 heterocycles. The van der Waals surface area contributed by atoms with Gasteiger partial charge in [-0.1, -0.05) is 13.8 Å². The van der Waals surface area contributed by atoms with Gasteiger partial charge in [-0.3, -0.25) is 4.79 Å². The Labute approximate surface area is 132 Å². The van der Waals surface area contributed by atoms with Crippen LogP contribution in [0.15, 0.2) is 24.3 Å². The Bertz CT molecular complexity index is 499. The van der Waals surface area contributed by atoms with Crippen molar-refractivity contribution in [1.82, 2.24) is 4.90 Å². The van der Waals surface area contributed by atoms with E-state index in [1.54, 1.807) is 7.11 Å². The highest BCUT2D eigenvalue weighted by Crippen LogP contribution is 2.28. The maximum atomic E-state index is 12.3. The van der Waals surface area contributed by atoms with Gasteiger partial charge in [0, 0.05) is 19.1 Å². The van der Waals surface area contributed by atoms with Crippen molar-refractivity contribution in [2.24, 2.45) is 11.1 Å². The summed E-state index contributed by atoms with van der Waals surface area (Å²) in [6.45, 7) is 6.07. The summed E-state index contributed by atoms with van der Waals surface area (Å²) < 4.78 is 10.7. The molecule has 1 amide bonds. The number of piperidine rings is 1. The Balaban J connectivity index is 1.78. The number of carbonyl (C=O) groups excluding carboxylic acids is 1. The number of benzene rings is 1. The Morgan fingerprint density at radius 3 is 2.55 bits per heavy atom. The summed E-state index contributed by atoms with van der Waals surface area (Å²) in [4.78, 5) is 14.2. The number of methoxy groups -OCH3 is 1. The van der Waals surface area contributed by atoms with Crippen LogP contribution in [0.25, 0.3) is 0 Å². The zero-order valence-corrected chi connectivity index (χ0v) is 13.7. The van der Waals surface area contributed by atoms with Gasteiger partial charge in [0.15, 0.2) is 0 Å². The van der Waals surface area contributed by atoms with Crippen molar-refractivity contribution in [3.63, 3.8) is 0 Å². The van der Waals surface area contributed by atoms with E-state index in [9.17, 15) is 4.79 Å². The molecule has 1 unspecified atom stereocenters. The monoisotopic (exact) mass is 306 g/mol. The molecule has 5 nitrogen and oxygen atoms in total. The van der Waals surface area contributed by atoms with E-state index in [0.717, 1.165) is 31.0 Å². The maximum Gasteiger partial charge on any atom is 0.226 e. The molecule has 5 heteroatoms. The first-order valence-electron chi connectivity index (χ1n) is 7.72. The summed E-state index contributed by atoms with van der Waals surface area (Å²) in [5.74, 6) is 1.67. The van der Waals surface area contributed by atoms with Crippen molar-refractivity contribution in [2.45, 2.75) is 32.7 Å². The predicted molar refractivity (Wildman–Crippen MR) is 86.1 cm³/mol. The SMILES string of the molecule is COc1ccc(OCCC(=O)N2CCC(N)C(C)(C)C2)cc1. The van der Waals surface area contributed by atoms with Crippen LogP contribution >= 0.6 is 0 Å². The Hall–Kier alpha value is -1.75. The Morgan fingerprint density at radius 2 is 1.95 bits per heavy atom. The van der Waals surface area contributed by atoms with Gasteiger partial charge in [-0.05, 0) is 36.1 Å². The van der Waals surface area contributed by atoms with E-state index in [2.05, 4.69) is 13.8 Å². The first-order valence-corrected chi connectivity index (χ1v) is 7.72. The highest BCUT2D eigenvalue weighted by atomic mass is 16.5. The van der Waals surface area contributed by atoms with Gasteiger partial charge in [0.05, 0.1) is 20.1 Å². The third kappa shape index (κ3) is 4.13. The highest BCUT2D eigenvalue weighted by Gasteiger charge is 2.35. The summed E-state index contributed by atoms with van der Waals surface area (Å²) >= 11 is 0. The number of nitrogens with zero attached hydrogens (tertiary/aromatic N) is 1. The minimum Gasteiger partial charge on any atom is -0.497 e. The van der Waals surface area contributed by atoms with Crippen molar-refractivity contribution in [1.29, 1.82) is 0 Å². The number of hydrogen-bond donors (Lipinski definition) is 1. The summed E-state index contributed by atoms with van der Waals surface area (Å²) in [5, 5.41) is 0. The largest absolute Gasteiger partial charge is 0.497 e. The first kappa shape index (κ1) is 16.6. The molecule has 1 fully saturated rings. The van der Waals surface area contributed by atoms with Crippen LogP contribution in [0, 0.1) is 5.41 Å². The fraction of sp³-hybridized carbons (Fsp3) is 0.588. The van der Waals surface area contributed by atoms with Crippen LogP contribution in [0.5, 0.6) is 11.5 Å². The second kappa shape index (κ2) is 7.01. The number of amides is 1.